The van der Waals surface area contributed by atoms with E-state index in [1.165, 1.54) is 44.9 Å². The predicted octanol–water partition coefficient (Wildman–Crippen LogP) is 3.98. The smallest absolute Gasteiger partial charge is 0.305 e. The van der Waals surface area contributed by atoms with Crippen LogP contribution in [-0.4, -0.2) is 25.2 Å². The van der Waals surface area contributed by atoms with Crippen molar-refractivity contribution < 1.29 is 9.53 Å². The largest absolute Gasteiger partial charge is 0.464 e. The zero-order valence-corrected chi connectivity index (χ0v) is 13.0. The zero-order valence-electron chi connectivity index (χ0n) is 13.0. The van der Waals surface area contributed by atoms with Crippen molar-refractivity contribution in [2.24, 2.45) is 0 Å². The highest BCUT2D eigenvalue weighted by Crippen LogP contribution is 2.10. The van der Waals surface area contributed by atoms with Gasteiger partial charge in [-0.15, -0.1) is 0 Å². The molecule has 1 N–H and O–H groups in total. The fourth-order valence-corrected chi connectivity index (χ4v) is 2.63. The van der Waals surface area contributed by atoms with Crippen LogP contribution in [0, 0.1) is 0 Å². The van der Waals surface area contributed by atoms with Gasteiger partial charge in [0.1, 0.15) is 6.61 Å². The lowest BCUT2D eigenvalue weighted by Crippen LogP contribution is -2.32. The Morgan fingerprint density at radius 2 is 2.00 bits per heavy atom. The molecule has 0 radical (unpaired) electrons. The van der Waals surface area contributed by atoms with Crippen LogP contribution in [0.5, 0.6) is 0 Å². The molecule has 0 fully saturated rings. The Morgan fingerprint density at radius 1 is 1.20 bits per heavy atom. The van der Waals surface area contributed by atoms with Crippen molar-refractivity contribution in [3.05, 3.63) is 12.2 Å². The summed E-state index contributed by atoms with van der Waals surface area (Å²) in [6.07, 6.45) is 15.7. The van der Waals surface area contributed by atoms with Crippen molar-refractivity contribution in [3.8, 4) is 0 Å². The molecule has 3 heteroatoms. The third kappa shape index (κ3) is 9.13. The molecule has 20 heavy (non-hydrogen) atoms. The second-order valence-electron chi connectivity index (χ2n) is 5.66. The number of ether oxygens (including phenoxy) is 1. The normalized spacial score (nSPS) is 25.9. The van der Waals surface area contributed by atoms with Crippen LogP contribution in [-0.2, 0) is 9.53 Å². The highest BCUT2D eigenvalue weighted by molar-refractivity contribution is 5.69. The molecule has 1 aliphatic rings. The van der Waals surface area contributed by atoms with Crippen molar-refractivity contribution >= 4 is 5.97 Å². The van der Waals surface area contributed by atoms with Crippen molar-refractivity contribution in [1.29, 1.82) is 0 Å². The van der Waals surface area contributed by atoms with E-state index >= 15 is 0 Å². The summed E-state index contributed by atoms with van der Waals surface area (Å²) < 4.78 is 5.24. The number of carbonyl (C=O) groups is 1. The molecule has 1 atom stereocenters. The first-order valence-corrected chi connectivity index (χ1v) is 8.37. The van der Waals surface area contributed by atoms with Crippen molar-refractivity contribution in [2.45, 2.75) is 77.2 Å². The molecule has 0 aromatic rings. The van der Waals surface area contributed by atoms with E-state index in [2.05, 4.69) is 24.4 Å². The Labute approximate surface area is 124 Å². The second kappa shape index (κ2) is 12.0. The number of hydrogen-bond donors (Lipinski definition) is 1. The lowest BCUT2D eigenvalue weighted by atomic mass is 10.0. The van der Waals surface area contributed by atoms with Gasteiger partial charge < -0.3 is 10.1 Å². The van der Waals surface area contributed by atoms with E-state index < -0.39 is 0 Å². The van der Waals surface area contributed by atoms with Crippen LogP contribution in [0.2, 0.25) is 0 Å². The van der Waals surface area contributed by atoms with E-state index in [0.717, 1.165) is 19.4 Å². The van der Waals surface area contributed by atoms with Crippen molar-refractivity contribution in [1.82, 2.24) is 5.32 Å². The van der Waals surface area contributed by atoms with Gasteiger partial charge in [0, 0.05) is 19.0 Å². The van der Waals surface area contributed by atoms with E-state index in [4.69, 9.17) is 4.74 Å². The van der Waals surface area contributed by atoms with Crippen LogP contribution in [0.3, 0.4) is 0 Å². The summed E-state index contributed by atoms with van der Waals surface area (Å²) in [4.78, 5) is 11.5. The van der Waals surface area contributed by atoms with Crippen LogP contribution >= 0.6 is 0 Å². The minimum atomic E-state index is -0.0562. The molecule has 0 saturated carbocycles. The molecule has 1 unspecified atom stereocenters. The van der Waals surface area contributed by atoms with Gasteiger partial charge in [-0.05, 0) is 38.5 Å². The summed E-state index contributed by atoms with van der Waals surface area (Å²) in [5, 5.41) is 3.53. The maximum absolute atomic E-state index is 11.5. The molecule has 0 spiro atoms. The fourth-order valence-electron chi connectivity index (χ4n) is 2.63. The number of rotatable bonds is 2. The SMILES string of the molecule is CCCC1CCCCC/C=C/CCCC(=O)OCCN1. The Hall–Kier alpha value is -0.830. The molecular weight excluding hydrogens is 250 g/mol. The van der Waals surface area contributed by atoms with Crippen LogP contribution < -0.4 is 5.32 Å². The van der Waals surface area contributed by atoms with E-state index in [9.17, 15) is 4.79 Å². The third-order valence-corrected chi connectivity index (χ3v) is 3.78. The number of cyclic esters (lactones) is 1. The topological polar surface area (TPSA) is 38.3 Å². The molecule has 1 aliphatic heterocycles. The quantitative estimate of drug-likeness (QED) is 0.614. The summed E-state index contributed by atoms with van der Waals surface area (Å²) in [6, 6.07) is 0.585. The first-order valence-electron chi connectivity index (χ1n) is 8.37. The Morgan fingerprint density at radius 3 is 2.80 bits per heavy atom. The van der Waals surface area contributed by atoms with Crippen molar-refractivity contribution in [2.75, 3.05) is 13.2 Å². The zero-order chi connectivity index (χ0) is 14.5. The molecule has 0 aliphatic carbocycles. The van der Waals surface area contributed by atoms with E-state index in [0.29, 0.717) is 19.1 Å². The van der Waals surface area contributed by atoms with E-state index in [-0.39, 0.29) is 5.97 Å². The van der Waals surface area contributed by atoms with Crippen LogP contribution in [0.4, 0.5) is 0 Å². The van der Waals surface area contributed by atoms with Crippen molar-refractivity contribution in [3.63, 3.8) is 0 Å². The standard InChI is InChI=1S/C17H31NO2/c1-2-11-16-12-9-7-5-3-4-6-8-10-13-17(19)20-15-14-18-16/h4,6,16,18H,2-3,5,7-15H2,1H3/b6-4+. The lowest BCUT2D eigenvalue weighted by Gasteiger charge is -2.18. The molecule has 3 nitrogen and oxygen atoms in total. The number of esters is 1. The summed E-state index contributed by atoms with van der Waals surface area (Å²) in [7, 11) is 0. The summed E-state index contributed by atoms with van der Waals surface area (Å²) >= 11 is 0. The molecule has 0 aromatic heterocycles. The van der Waals surface area contributed by atoms with Crippen LogP contribution in [0.1, 0.15) is 71.1 Å². The van der Waals surface area contributed by atoms with E-state index in [1.54, 1.807) is 0 Å². The molecule has 1 heterocycles. The van der Waals surface area contributed by atoms with Crippen LogP contribution in [0.25, 0.3) is 0 Å². The van der Waals surface area contributed by atoms with E-state index in [1.807, 2.05) is 0 Å². The summed E-state index contributed by atoms with van der Waals surface area (Å²) in [6.45, 7) is 3.52. The minimum absolute atomic E-state index is 0.0562. The highest BCUT2D eigenvalue weighted by Gasteiger charge is 2.07. The maximum Gasteiger partial charge on any atom is 0.305 e. The van der Waals surface area contributed by atoms with Crippen LogP contribution in [0.15, 0.2) is 12.2 Å². The van der Waals surface area contributed by atoms with Gasteiger partial charge in [0.2, 0.25) is 0 Å². The van der Waals surface area contributed by atoms with Gasteiger partial charge in [0.05, 0.1) is 0 Å². The Bertz CT molecular complexity index is 276. The number of allylic oxidation sites excluding steroid dienone is 2. The maximum atomic E-state index is 11.5. The molecule has 1 rings (SSSR count). The summed E-state index contributed by atoms with van der Waals surface area (Å²) in [5.41, 5.74) is 0. The molecule has 0 amide bonds. The Balaban J connectivity index is 2.34. The molecule has 116 valence electrons. The van der Waals surface area contributed by atoms with Gasteiger partial charge in [0.15, 0.2) is 0 Å². The first kappa shape index (κ1) is 17.2. The molecule has 0 saturated heterocycles. The monoisotopic (exact) mass is 281 g/mol. The predicted molar refractivity (Wildman–Crippen MR) is 83.7 cm³/mol. The highest BCUT2D eigenvalue weighted by atomic mass is 16.5. The molecule has 0 aromatic carbocycles. The fraction of sp³-hybridized carbons (Fsp3) is 0.824. The van der Waals surface area contributed by atoms with Gasteiger partial charge in [-0.25, -0.2) is 0 Å². The third-order valence-electron chi connectivity index (χ3n) is 3.78. The Kier molecular flexibility index (Phi) is 10.3. The average Bonchev–Trinajstić information content (AvgIpc) is 2.44. The van der Waals surface area contributed by atoms with Gasteiger partial charge in [0.25, 0.3) is 0 Å². The lowest BCUT2D eigenvalue weighted by molar-refractivity contribution is -0.143. The van der Waals surface area contributed by atoms with Gasteiger partial charge >= 0.3 is 5.97 Å². The number of carbonyl (C=O) groups excluding carboxylic acids is 1. The minimum Gasteiger partial charge on any atom is -0.464 e. The first-order chi connectivity index (χ1) is 9.83. The molecular formula is C17H31NO2. The van der Waals surface area contributed by atoms with Gasteiger partial charge in [-0.3, -0.25) is 4.79 Å². The average molecular weight is 281 g/mol. The second-order valence-corrected chi connectivity index (χ2v) is 5.66. The van der Waals surface area contributed by atoms with Gasteiger partial charge in [-0.1, -0.05) is 38.3 Å². The van der Waals surface area contributed by atoms with Gasteiger partial charge in [-0.2, -0.15) is 0 Å². The number of hydrogen-bond acceptors (Lipinski definition) is 3. The summed E-state index contributed by atoms with van der Waals surface area (Å²) in [5.74, 6) is -0.0562. The molecule has 0 bridgehead atoms. The number of nitrogens with one attached hydrogen (secondary N) is 1.